The van der Waals surface area contributed by atoms with Gasteiger partial charge in [0.05, 0.1) is 23.0 Å². The summed E-state index contributed by atoms with van der Waals surface area (Å²) in [5.74, 6) is -0.152. The maximum absolute atomic E-state index is 11.8. The smallest absolute Gasteiger partial charge is 0.336 e. The van der Waals surface area contributed by atoms with Crippen LogP contribution < -0.4 is 0 Å². The molecule has 1 N–H and O–H groups in total. The molecular formula is C22H17NO3. The second-order valence-electron chi connectivity index (χ2n) is 6.12. The number of rotatable bonds is 4. The SMILES string of the molecule is CCc1ccc2nc(-c3ccc(-c4ccco4)cc3)cc(C(=O)O)c2c1. The number of aryl methyl sites for hydroxylation is 1. The second-order valence-corrected chi connectivity index (χ2v) is 6.12. The molecule has 4 nitrogen and oxygen atoms in total. The Morgan fingerprint density at radius 1 is 1.04 bits per heavy atom. The number of aromatic carboxylic acids is 1. The number of carboxylic acids is 1. The molecule has 4 heteroatoms. The largest absolute Gasteiger partial charge is 0.478 e. The van der Waals surface area contributed by atoms with Crippen molar-refractivity contribution in [1.82, 2.24) is 4.98 Å². The third kappa shape index (κ3) is 2.86. The highest BCUT2D eigenvalue weighted by molar-refractivity contribution is 6.04. The van der Waals surface area contributed by atoms with Gasteiger partial charge in [0.15, 0.2) is 0 Å². The minimum absolute atomic E-state index is 0.274. The molecule has 2 heterocycles. The van der Waals surface area contributed by atoms with Crippen LogP contribution in [0.25, 0.3) is 33.5 Å². The van der Waals surface area contributed by atoms with Crippen molar-refractivity contribution in [3.63, 3.8) is 0 Å². The van der Waals surface area contributed by atoms with Crippen molar-refractivity contribution < 1.29 is 14.3 Å². The highest BCUT2D eigenvalue weighted by Gasteiger charge is 2.13. The molecular weight excluding hydrogens is 326 g/mol. The number of pyridine rings is 1. The molecule has 4 rings (SSSR count). The van der Waals surface area contributed by atoms with Gasteiger partial charge in [-0.2, -0.15) is 0 Å². The summed E-state index contributed by atoms with van der Waals surface area (Å²) in [6, 6.07) is 18.9. The van der Waals surface area contributed by atoms with Gasteiger partial charge < -0.3 is 9.52 Å². The molecule has 0 spiro atoms. The Hall–Kier alpha value is -3.40. The third-order valence-corrected chi connectivity index (χ3v) is 4.50. The molecule has 0 bridgehead atoms. The minimum atomic E-state index is -0.945. The van der Waals surface area contributed by atoms with Crippen LogP contribution in [0.15, 0.2) is 71.3 Å². The highest BCUT2D eigenvalue weighted by atomic mass is 16.4. The normalized spacial score (nSPS) is 11.0. The van der Waals surface area contributed by atoms with Gasteiger partial charge >= 0.3 is 5.97 Å². The van der Waals surface area contributed by atoms with E-state index in [4.69, 9.17) is 4.42 Å². The quantitative estimate of drug-likeness (QED) is 0.537. The van der Waals surface area contributed by atoms with Crippen LogP contribution in [0.5, 0.6) is 0 Å². The van der Waals surface area contributed by atoms with Gasteiger partial charge in [-0.3, -0.25) is 0 Å². The van der Waals surface area contributed by atoms with Crippen LogP contribution in [0.1, 0.15) is 22.8 Å². The van der Waals surface area contributed by atoms with E-state index >= 15 is 0 Å². The number of carbonyl (C=O) groups is 1. The number of carboxylic acid groups (broad SMARTS) is 1. The fourth-order valence-electron chi connectivity index (χ4n) is 3.07. The first-order valence-corrected chi connectivity index (χ1v) is 8.47. The summed E-state index contributed by atoms with van der Waals surface area (Å²) >= 11 is 0. The zero-order valence-electron chi connectivity index (χ0n) is 14.3. The van der Waals surface area contributed by atoms with Crippen LogP contribution in [0.2, 0.25) is 0 Å². The van der Waals surface area contributed by atoms with E-state index in [0.717, 1.165) is 28.9 Å². The summed E-state index contributed by atoms with van der Waals surface area (Å²) in [5, 5.41) is 10.3. The van der Waals surface area contributed by atoms with Gasteiger partial charge in [-0.25, -0.2) is 9.78 Å². The van der Waals surface area contributed by atoms with E-state index in [2.05, 4.69) is 4.98 Å². The van der Waals surface area contributed by atoms with Crippen LogP contribution in [0.3, 0.4) is 0 Å². The van der Waals surface area contributed by atoms with Crippen molar-refractivity contribution in [3.05, 3.63) is 78.1 Å². The lowest BCUT2D eigenvalue weighted by Gasteiger charge is -2.09. The van der Waals surface area contributed by atoms with Gasteiger partial charge in [0, 0.05) is 16.5 Å². The monoisotopic (exact) mass is 343 g/mol. The minimum Gasteiger partial charge on any atom is -0.478 e. The van der Waals surface area contributed by atoms with Gasteiger partial charge in [0.2, 0.25) is 0 Å². The predicted octanol–water partition coefficient (Wildman–Crippen LogP) is 5.42. The molecule has 0 saturated heterocycles. The summed E-state index contributed by atoms with van der Waals surface area (Å²) in [6.45, 7) is 2.05. The number of benzene rings is 2. The Morgan fingerprint density at radius 2 is 1.81 bits per heavy atom. The van der Waals surface area contributed by atoms with E-state index in [1.54, 1.807) is 12.3 Å². The highest BCUT2D eigenvalue weighted by Crippen LogP contribution is 2.28. The van der Waals surface area contributed by atoms with E-state index in [9.17, 15) is 9.90 Å². The molecule has 26 heavy (non-hydrogen) atoms. The standard InChI is InChI=1S/C22H17NO3/c1-2-14-5-10-19-17(12-14)18(22(24)25)13-20(23-19)15-6-8-16(9-7-15)21-4-3-11-26-21/h3-13H,2H2,1H3,(H,24,25). The fraction of sp³-hybridized carbons (Fsp3) is 0.0909. The summed E-state index contributed by atoms with van der Waals surface area (Å²) in [4.78, 5) is 16.4. The first kappa shape index (κ1) is 16.1. The third-order valence-electron chi connectivity index (χ3n) is 4.50. The average molecular weight is 343 g/mol. The van der Waals surface area contributed by atoms with E-state index in [0.29, 0.717) is 16.6 Å². The number of aromatic nitrogens is 1. The van der Waals surface area contributed by atoms with Gasteiger partial charge in [0.25, 0.3) is 0 Å². The topological polar surface area (TPSA) is 63.3 Å². The Balaban J connectivity index is 1.82. The molecule has 0 aliphatic heterocycles. The van der Waals surface area contributed by atoms with Crippen LogP contribution in [0.4, 0.5) is 0 Å². The molecule has 128 valence electrons. The lowest BCUT2D eigenvalue weighted by Crippen LogP contribution is -2.01. The van der Waals surface area contributed by atoms with E-state index in [1.165, 1.54) is 0 Å². The first-order chi connectivity index (χ1) is 12.7. The zero-order chi connectivity index (χ0) is 18.1. The maximum Gasteiger partial charge on any atom is 0.336 e. The summed E-state index contributed by atoms with van der Waals surface area (Å²) in [6.07, 6.45) is 2.49. The lowest BCUT2D eigenvalue weighted by atomic mass is 10.0. The van der Waals surface area contributed by atoms with Gasteiger partial charge in [-0.05, 0) is 42.3 Å². The van der Waals surface area contributed by atoms with Crippen molar-refractivity contribution in [2.24, 2.45) is 0 Å². The lowest BCUT2D eigenvalue weighted by molar-refractivity contribution is 0.0699. The van der Waals surface area contributed by atoms with Crippen molar-refractivity contribution >= 4 is 16.9 Å². The fourth-order valence-corrected chi connectivity index (χ4v) is 3.07. The molecule has 0 fully saturated rings. The van der Waals surface area contributed by atoms with Crippen molar-refractivity contribution in [2.45, 2.75) is 13.3 Å². The number of hydrogen-bond acceptors (Lipinski definition) is 3. The summed E-state index contributed by atoms with van der Waals surface area (Å²) in [5.41, 5.74) is 4.53. The number of fused-ring (bicyclic) bond motifs is 1. The molecule has 0 atom stereocenters. The molecule has 0 unspecified atom stereocenters. The molecule has 0 aliphatic carbocycles. The van der Waals surface area contributed by atoms with Crippen LogP contribution in [-0.2, 0) is 6.42 Å². The molecule has 0 amide bonds. The number of hydrogen-bond donors (Lipinski definition) is 1. The van der Waals surface area contributed by atoms with E-state index in [1.807, 2.05) is 61.5 Å². The number of furan rings is 1. The molecule has 0 aliphatic rings. The summed E-state index contributed by atoms with van der Waals surface area (Å²) < 4.78 is 5.40. The van der Waals surface area contributed by atoms with E-state index in [-0.39, 0.29) is 5.56 Å². The molecule has 0 radical (unpaired) electrons. The van der Waals surface area contributed by atoms with Crippen LogP contribution in [-0.4, -0.2) is 16.1 Å². The average Bonchev–Trinajstić information content (AvgIpc) is 3.21. The van der Waals surface area contributed by atoms with Crippen LogP contribution in [0, 0.1) is 0 Å². The molecule has 2 aromatic carbocycles. The van der Waals surface area contributed by atoms with Gasteiger partial charge in [0.1, 0.15) is 5.76 Å². The summed E-state index contributed by atoms with van der Waals surface area (Å²) in [7, 11) is 0. The molecule has 0 saturated carbocycles. The molecule has 4 aromatic rings. The Bertz CT molecular complexity index is 1080. The van der Waals surface area contributed by atoms with E-state index < -0.39 is 5.97 Å². The predicted molar refractivity (Wildman–Crippen MR) is 101 cm³/mol. The Morgan fingerprint density at radius 3 is 2.46 bits per heavy atom. The van der Waals surface area contributed by atoms with Gasteiger partial charge in [-0.1, -0.05) is 37.3 Å². The number of nitrogens with zero attached hydrogens (tertiary/aromatic N) is 1. The zero-order valence-corrected chi connectivity index (χ0v) is 14.3. The molecule has 2 aromatic heterocycles. The van der Waals surface area contributed by atoms with Gasteiger partial charge in [-0.15, -0.1) is 0 Å². The van der Waals surface area contributed by atoms with Crippen molar-refractivity contribution in [1.29, 1.82) is 0 Å². The first-order valence-electron chi connectivity index (χ1n) is 8.47. The Kier molecular flexibility index (Phi) is 4.01. The van der Waals surface area contributed by atoms with Crippen molar-refractivity contribution in [2.75, 3.05) is 0 Å². The Labute approximate surface area is 150 Å². The second kappa shape index (κ2) is 6.48. The van der Waals surface area contributed by atoms with Crippen LogP contribution >= 0.6 is 0 Å². The maximum atomic E-state index is 11.8. The van der Waals surface area contributed by atoms with Crippen molar-refractivity contribution in [3.8, 4) is 22.6 Å².